The van der Waals surface area contributed by atoms with Crippen LogP contribution in [-0.4, -0.2) is 48.6 Å². The number of alkyl halides is 3. The molecule has 2 aromatic carbocycles. The van der Waals surface area contributed by atoms with E-state index in [0.717, 1.165) is 29.0 Å². The van der Waals surface area contributed by atoms with E-state index in [4.69, 9.17) is 0 Å². The molecule has 1 aromatic heterocycles. The summed E-state index contributed by atoms with van der Waals surface area (Å²) in [7, 11) is -4.17. The van der Waals surface area contributed by atoms with Gasteiger partial charge in [0.25, 0.3) is 11.5 Å². The van der Waals surface area contributed by atoms with E-state index in [2.05, 4.69) is 19.8 Å². The smallest absolute Gasteiger partial charge is 0.408 e. The molecule has 10 nitrogen and oxygen atoms in total. The molecule has 0 aliphatic heterocycles. The minimum atomic E-state index is -5.19. The van der Waals surface area contributed by atoms with Crippen molar-refractivity contribution in [3.05, 3.63) is 128 Å². The van der Waals surface area contributed by atoms with Crippen LogP contribution in [0.4, 0.5) is 13.2 Å². The Bertz CT molecular complexity index is 1670. The molecule has 3 aromatic rings. The van der Waals surface area contributed by atoms with Gasteiger partial charge >= 0.3 is 12.1 Å². The molecule has 1 aliphatic carbocycles. The molecule has 41 heavy (non-hydrogen) atoms. The molecule has 4 rings (SSSR count). The Labute approximate surface area is 232 Å². The van der Waals surface area contributed by atoms with E-state index < -0.39 is 63.0 Å². The molecule has 0 saturated carbocycles. The summed E-state index contributed by atoms with van der Waals surface area (Å²) >= 11 is 0. The van der Waals surface area contributed by atoms with Crippen molar-refractivity contribution in [2.24, 2.45) is 0 Å². The van der Waals surface area contributed by atoms with Gasteiger partial charge in [-0.3, -0.25) is 14.2 Å². The Morgan fingerprint density at radius 2 is 1.71 bits per heavy atom. The van der Waals surface area contributed by atoms with Gasteiger partial charge in [0.1, 0.15) is 17.0 Å². The highest BCUT2D eigenvalue weighted by Crippen LogP contribution is 2.36. The van der Waals surface area contributed by atoms with E-state index in [1.165, 1.54) is 6.08 Å². The van der Waals surface area contributed by atoms with E-state index in [-0.39, 0.29) is 6.54 Å². The van der Waals surface area contributed by atoms with Crippen LogP contribution in [0.15, 0.2) is 100 Å². The van der Waals surface area contributed by atoms with Crippen LogP contribution in [0.3, 0.4) is 0 Å². The number of aromatic nitrogens is 2. The standard InChI is InChI=1S/C27H25F3N4O6S/c1-41(38,39)33-26(13-12-20(19-10-6-3-7-11-19)14-22(26)40-27(28,29)30)17-31-24(36)21-15-23(35)34(25(37)32-21)16-18-8-4-2-5-9-18/h2-15,20,33H,16-17H2,1H3,(H,31,36)(H,32,37). The monoisotopic (exact) mass is 590 g/mol. The number of nitrogens with one attached hydrogen (secondary N) is 3. The summed E-state index contributed by atoms with van der Waals surface area (Å²) in [5, 5.41) is 2.30. The van der Waals surface area contributed by atoms with Crippen molar-refractivity contribution in [2.45, 2.75) is 24.4 Å². The number of allylic oxidation sites excluding steroid dienone is 2. The van der Waals surface area contributed by atoms with Gasteiger partial charge in [-0.15, -0.1) is 13.2 Å². The highest BCUT2D eigenvalue weighted by atomic mass is 32.2. The molecule has 1 aliphatic rings. The molecule has 2 atom stereocenters. The van der Waals surface area contributed by atoms with Crippen molar-refractivity contribution in [1.82, 2.24) is 19.6 Å². The number of carbonyl (C=O) groups is 1. The minimum absolute atomic E-state index is 0.0609. The molecule has 3 N–H and O–H groups in total. The SMILES string of the molecule is CS(=O)(=O)NC1(CNC(=O)c2cc(=O)n(Cc3ccccc3)c(=O)[nH]2)C=CC(c2ccccc2)C=C1OC(F)(F)F. The van der Waals surface area contributed by atoms with Gasteiger partial charge in [-0.25, -0.2) is 13.2 Å². The predicted octanol–water partition coefficient (Wildman–Crippen LogP) is 2.38. The lowest BCUT2D eigenvalue weighted by Crippen LogP contribution is -2.57. The lowest BCUT2D eigenvalue weighted by atomic mass is 9.85. The Balaban J connectivity index is 1.64. The number of carbonyl (C=O) groups excluding carboxylic acids is 1. The van der Waals surface area contributed by atoms with E-state index in [1.807, 2.05) is 0 Å². The van der Waals surface area contributed by atoms with Crippen molar-refractivity contribution in [2.75, 3.05) is 12.8 Å². The van der Waals surface area contributed by atoms with Gasteiger partial charge < -0.3 is 15.0 Å². The number of H-pyrrole nitrogens is 1. The third-order valence-electron chi connectivity index (χ3n) is 6.11. The maximum absolute atomic E-state index is 13.5. The summed E-state index contributed by atoms with van der Waals surface area (Å²) in [6.07, 6.45) is -0.729. The summed E-state index contributed by atoms with van der Waals surface area (Å²) in [4.78, 5) is 40.4. The summed E-state index contributed by atoms with van der Waals surface area (Å²) in [6.45, 7) is -0.817. The second kappa shape index (κ2) is 11.6. The number of hydrogen-bond donors (Lipinski definition) is 3. The van der Waals surface area contributed by atoms with E-state index in [1.54, 1.807) is 60.7 Å². The first-order valence-electron chi connectivity index (χ1n) is 12.1. The molecule has 1 heterocycles. The van der Waals surface area contributed by atoms with Gasteiger partial charge in [0.05, 0.1) is 12.8 Å². The molecule has 0 spiro atoms. The first kappa shape index (κ1) is 29.6. The summed E-state index contributed by atoms with van der Waals surface area (Å²) < 4.78 is 72.1. The Kier molecular flexibility index (Phi) is 8.35. The Hall–Kier alpha value is -4.43. The summed E-state index contributed by atoms with van der Waals surface area (Å²) in [5.41, 5.74) is -3.07. The number of hydrogen-bond acceptors (Lipinski definition) is 6. The number of benzene rings is 2. The zero-order valence-corrected chi connectivity index (χ0v) is 22.3. The largest absolute Gasteiger partial charge is 0.572 e. The summed E-state index contributed by atoms with van der Waals surface area (Å²) in [6, 6.07) is 17.9. The van der Waals surface area contributed by atoms with E-state index in [9.17, 15) is 36.0 Å². The quantitative estimate of drug-likeness (QED) is 0.327. The third-order valence-corrected chi connectivity index (χ3v) is 6.85. The molecular weight excluding hydrogens is 565 g/mol. The first-order valence-corrected chi connectivity index (χ1v) is 14.0. The second-order valence-corrected chi connectivity index (χ2v) is 11.0. The number of halogens is 3. The van der Waals surface area contributed by atoms with Crippen molar-refractivity contribution >= 4 is 15.9 Å². The zero-order chi connectivity index (χ0) is 29.8. The maximum Gasteiger partial charge on any atom is 0.572 e. The van der Waals surface area contributed by atoms with Crippen LogP contribution >= 0.6 is 0 Å². The second-order valence-electron chi connectivity index (χ2n) is 9.30. The molecule has 0 bridgehead atoms. The molecule has 216 valence electrons. The predicted molar refractivity (Wildman–Crippen MR) is 143 cm³/mol. The molecule has 0 radical (unpaired) electrons. The zero-order valence-electron chi connectivity index (χ0n) is 21.5. The molecule has 0 fully saturated rings. The van der Waals surface area contributed by atoms with Gasteiger partial charge in [-0.1, -0.05) is 72.8 Å². The maximum atomic E-state index is 13.5. The first-order chi connectivity index (χ1) is 19.2. The third kappa shape index (κ3) is 7.61. The van der Waals surface area contributed by atoms with Crippen LogP contribution in [0.2, 0.25) is 0 Å². The van der Waals surface area contributed by atoms with Crippen molar-refractivity contribution in [1.29, 1.82) is 0 Å². The number of nitrogens with zero attached hydrogens (tertiary/aromatic N) is 1. The number of sulfonamides is 1. The fraction of sp³-hybridized carbons (Fsp3) is 0.222. The fourth-order valence-corrected chi connectivity index (χ4v) is 5.22. The van der Waals surface area contributed by atoms with Gasteiger partial charge in [0.2, 0.25) is 10.0 Å². The normalized spacial score (nSPS) is 18.9. The van der Waals surface area contributed by atoms with Crippen LogP contribution in [-0.2, 0) is 21.3 Å². The lowest BCUT2D eigenvalue weighted by molar-refractivity contribution is -0.309. The van der Waals surface area contributed by atoms with Crippen LogP contribution < -0.4 is 21.3 Å². The topological polar surface area (TPSA) is 139 Å². The number of aromatic amines is 1. The van der Waals surface area contributed by atoms with Gasteiger partial charge in [0, 0.05) is 18.5 Å². The Morgan fingerprint density at radius 1 is 1.07 bits per heavy atom. The lowest BCUT2D eigenvalue weighted by Gasteiger charge is -2.36. The summed E-state index contributed by atoms with van der Waals surface area (Å²) in [5.74, 6) is -2.56. The molecule has 14 heteroatoms. The number of rotatable bonds is 9. The van der Waals surface area contributed by atoms with Gasteiger partial charge in [-0.05, 0) is 17.2 Å². The van der Waals surface area contributed by atoms with Gasteiger partial charge in [0.15, 0.2) is 0 Å². The van der Waals surface area contributed by atoms with Crippen molar-refractivity contribution < 1.29 is 31.1 Å². The molecular formula is C27H25F3N4O6S. The van der Waals surface area contributed by atoms with E-state index in [0.29, 0.717) is 11.1 Å². The molecule has 0 saturated heterocycles. The average Bonchev–Trinajstić information content (AvgIpc) is 2.90. The van der Waals surface area contributed by atoms with E-state index >= 15 is 0 Å². The van der Waals surface area contributed by atoms with Gasteiger partial charge in [-0.2, -0.15) is 4.72 Å². The van der Waals surface area contributed by atoms with Crippen LogP contribution in [0, 0.1) is 0 Å². The van der Waals surface area contributed by atoms with Crippen LogP contribution in [0.1, 0.15) is 27.5 Å². The fourth-order valence-electron chi connectivity index (χ4n) is 4.32. The minimum Gasteiger partial charge on any atom is -0.408 e. The van der Waals surface area contributed by atoms with Crippen LogP contribution in [0.5, 0.6) is 0 Å². The molecule has 2 unspecified atom stereocenters. The van der Waals surface area contributed by atoms with Crippen LogP contribution in [0.25, 0.3) is 0 Å². The number of ether oxygens (including phenoxy) is 1. The number of amides is 1. The van der Waals surface area contributed by atoms with Crippen molar-refractivity contribution in [3.63, 3.8) is 0 Å². The van der Waals surface area contributed by atoms with Crippen molar-refractivity contribution in [3.8, 4) is 0 Å². The highest BCUT2D eigenvalue weighted by molar-refractivity contribution is 7.88. The molecule has 1 amide bonds. The highest BCUT2D eigenvalue weighted by Gasteiger charge is 2.45. The Morgan fingerprint density at radius 3 is 2.29 bits per heavy atom. The average molecular weight is 591 g/mol.